The first-order valence-corrected chi connectivity index (χ1v) is 9.62. The van der Waals surface area contributed by atoms with Crippen molar-refractivity contribution in [3.8, 4) is 6.07 Å². The maximum Gasteiger partial charge on any atom is 0.407 e. The van der Waals surface area contributed by atoms with Crippen LogP contribution in [0.4, 0.5) is 26.3 Å². The summed E-state index contributed by atoms with van der Waals surface area (Å²) in [4.78, 5) is 12.6. The van der Waals surface area contributed by atoms with Crippen molar-refractivity contribution < 1.29 is 31.1 Å². The number of nitrogens with zero attached hydrogens (tertiary/aromatic N) is 1. The van der Waals surface area contributed by atoms with E-state index in [1.165, 1.54) is 0 Å². The zero-order valence-electron chi connectivity index (χ0n) is 15.9. The first-order chi connectivity index (χ1) is 13.9. The number of carbonyl (C=O) groups excluding carboxylic acids is 1. The van der Waals surface area contributed by atoms with Crippen molar-refractivity contribution in [2.24, 2.45) is 5.92 Å². The van der Waals surface area contributed by atoms with Crippen LogP contribution in [0.2, 0.25) is 0 Å². The molecule has 2 saturated carbocycles. The number of halogens is 6. The molecule has 0 unspecified atom stereocenters. The Balaban J connectivity index is 1.83. The molecule has 0 bridgehead atoms. The van der Waals surface area contributed by atoms with Gasteiger partial charge in [-0.15, -0.1) is 0 Å². The zero-order valence-corrected chi connectivity index (χ0v) is 15.9. The highest BCUT2D eigenvalue weighted by Crippen LogP contribution is 2.42. The highest BCUT2D eigenvalue weighted by molar-refractivity contribution is 5.83. The fourth-order valence-electron chi connectivity index (χ4n) is 3.30. The van der Waals surface area contributed by atoms with Gasteiger partial charge in [0.2, 0.25) is 11.8 Å². The van der Waals surface area contributed by atoms with Crippen LogP contribution in [0.5, 0.6) is 0 Å². The molecule has 1 aromatic carbocycles. The van der Waals surface area contributed by atoms with Gasteiger partial charge in [0.15, 0.2) is 0 Å². The third-order valence-electron chi connectivity index (χ3n) is 5.33. The molecular formula is C20H21F6N3O. The molecule has 0 radical (unpaired) electrons. The van der Waals surface area contributed by atoms with Crippen LogP contribution in [0, 0.1) is 23.1 Å². The lowest BCUT2D eigenvalue weighted by Crippen LogP contribution is -2.53. The predicted octanol–water partition coefficient (Wildman–Crippen LogP) is 4.39. The van der Waals surface area contributed by atoms with E-state index in [4.69, 9.17) is 5.26 Å². The number of hydrogen-bond donors (Lipinski definition) is 2. The maximum atomic E-state index is 14.4. The highest BCUT2D eigenvalue weighted by Gasteiger charge is 2.49. The molecule has 0 aliphatic heterocycles. The van der Waals surface area contributed by atoms with E-state index in [2.05, 4.69) is 5.32 Å². The molecule has 2 fully saturated rings. The van der Waals surface area contributed by atoms with Crippen molar-refractivity contribution in [2.75, 3.05) is 0 Å². The van der Waals surface area contributed by atoms with Crippen molar-refractivity contribution in [2.45, 2.75) is 68.2 Å². The molecule has 30 heavy (non-hydrogen) atoms. The first kappa shape index (κ1) is 22.4. The van der Waals surface area contributed by atoms with E-state index in [9.17, 15) is 31.1 Å². The summed E-state index contributed by atoms with van der Waals surface area (Å²) in [6.07, 6.45) is -4.70. The Kier molecular flexibility index (Phi) is 6.05. The van der Waals surface area contributed by atoms with Crippen molar-refractivity contribution in [1.82, 2.24) is 10.6 Å². The Morgan fingerprint density at radius 2 is 1.77 bits per heavy atom. The lowest BCUT2D eigenvalue weighted by molar-refractivity contribution is -0.163. The monoisotopic (exact) mass is 433 g/mol. The third kappa shape index (κ3) is 5.88. The number of amides is 1. The topological polar surface area (TPSA) is 64.9 Å². The van der Waals surface area contributed by atoms with Gasteiger partial charge in [0.1, 0.15) is 17.4 Å². The molecule has 0 saturated heterocycles. The molecule has 164 valence electrons. The Morgan fingerprint density at radius 1 is 1.17 bits per heavy atom. The summed E-state index contributed by atoms with van der Waals surface area (Å²) in [7, 11) is 0. The van der Waals surface area contributed by atoms with Crippen LogP contribution >= 0.6 is 0 Å². The molecule has 0 heterocycles. The van der Waals surface area contributed by atoms with E-state index >= 15 is 0 Å². The van der Waals surface area contributed by atoms with Gasteiger partial charge in [-0.1, -0.05) is 12.1 Å². The Bertz CT molecular complexity index is 809. The standard InChI is InChI=1S/C20H21F6N3O/c21-14-5-3-13(4-6-14)16(20(24,25)26)28-15(10-19(22,23)9-12-1-2-12)17(30)29-18(11-27)7-8-18/h3-6,12,15-16,28H,1-2,7-10H2,(H,29,30)/t15-,16-/m0/s1. The van der Waals surface area contributed by atoms with Crippen LogP contribution in [0.1, 0.15) is 50.1 Å². The summed E-state index contributed by atoms with van der Waals surface area (Å²) in [5, 5.41) is 13.4. The van der Waals surface area contributed by atoms with Gasteiger partial charge in [0.25, 0.3) is 0 Å². The zero-order chi connectivity index (χ0) is 22.2. The van der Waals surface area contributed by atoms with Gasteiger partial charge >= 0.3 is 6.18 Å². The smallest absolute Gasteiger partial charge is 0.336 e. The quantitative estimate of drug-likeness (QED) is 0.568. The number of hydrogen-bond acceptors (Lipinski definition) is 3. The predicted molar refractivity (Wildman–Crippen MR) is 94.7 cm³/mol. The molecule has 2 aliphatic carbocycles. The summed E-state index contributed by atoms with van der Waals surface area (Å²) in [6, 6.07) is 0.921. The van der Waals surface area contributed by atoms with Gasteiger partial charge in [0.05, 0.1) is 12.1 Å². The number of nitrogens with one attached hydrogen (secondary N) is 2. The minimum absolute atomic E-state index is 0.201. The minimum atomic E-state index is -4.92. The fraction of sp³-hybridized carbons (Fsp3) is 0.600. The Labute approximate surface area is 169 Å². The normalized spacial score (nSPS) is 20.2. The van der Waals surface area contributed by atoms with Crippen LogP contribution in [0.3, 0.4) is 0 Å². The van der Waals surface area contributed by atoms with Gasteiger partial charge in [-0.05, 0) is 49.3 Å². The molecule has 2 N–H and O–H groups in total. The van der Waals surface area contributed by atoms with Crippen molar-refractivity contribution in [3.05, 3.63) is 35.6 Å². The van der Waals surface area contributed by atoms with Gasteiger partial charge in [-0.3, -0.25) is 10.1 Å². The van der Waals surface area contributed by atoms with E-state index in [1.54, 1.807) is 0 Å². The summed E-state index contributed by atoms with van der Waals surface area (Å²) in [6.45, 7) is 0. The van der Waals surface area contributed by atoms with Crippen LogP contribution in [-0.4, -0.2) is 29.6 Å². The van der Waals surface area contributed by atoms with Gasteiger partial charge in [0, 0.05) is 12.8 Å². The number of benzene rings is 1. The summed E-state index contributed by atoms with van der Waals surface area (Å²) in [5.74, 6) is -5.39. The lowest BCUT2D eigenvalue weighted by Gasteiger charge is -2.30. The van der Waals surface area contributed by atoms with Crippen molar-refractivity contribution in [1.29, 1.82) is 5.26 Å². The van der Waals surface area contributed by atoms with E-state index in [1.807, 2.05) is 11.4 Å². The second kappa shape index (κ2) is 8.10. The van der Waals surface area contributed by atoms with E-state index < -0.39 is 59.9 Å². The van der Waals surface area contributed by atoms with Crippen molar-refractivity contribution >= 4 is 5.91 Å². The van der Waals surface area contributed by atoms with E-state index in [0.29, 0.717) is 25.7 Å². The molecule has 2 atom stereocenters. The van der Waals surface area contributed by atoms with Gasteiger partial charge in [-0.25, -0.2) is 13.2 Å². The largest absolute Gasteiger partial charge is 0.407 e. The van der Waals surface area contributed by atoms with E-state index in [-0.39, 0.29) is 5.92 Å². The molecule has 10 heteroatoms. The van der Waals surface area contributed by atoms with Crippen molar-refractivity contribution in [3.63, 3.8) is 0 Å². The minimum Gasteiger partial charge on any atom is -0.336 e. The molecule has 0 spiro atoms. The van der Waals surface area contributed by atoms with Gasteiger partial charge < -0.3 is 5.32 Å². The fourth-order valence-corrected chi connectivity index (χ4v) is 3.30. The molecule has 1 amide bonds. The molecule has 3 rings (SSSR count). The molecule has 1 aromatic rings. The lowest BCUT2D eigenvalue weighted by atomic mass is 9.99. The van der Waals surface area contributed by atoms with E-state index in [0.717, 1.165) is 24.3 Å². The van der Waals surface area contributed by atoms with Crippen LogP contribution < -0.4 is 10.6 Å². The second-order valence-corrected chi connectivity index (χ2v) is 8.14. The molecule has 4 nitrogen and oxygen atoms in total. The molecule has 0 aromatic heterocycles. The maximum absolute atomic E-state index is 14.4. The number of carbonyl (C=O) groups is 1. The molecule has 2 aliphatic rings. The average molecular weight is 433 g/mol. The SMILES string of the molecule is N#CC1(NC(=O)[C@H](CC(F)(F)CC2CC2)N[C@@H](c2ccc(F)cc2)C(F)(F)F)CC1. The first-order valence-electron chi connectivity index (χ1n) is 9.62. The Hall–Kier alpha value is -2.28. The second-order valence-electron chi connectivity index (χ2n) is 8.14. The van der Waals surface area contributed by atoms with Gasteiger partial charge in [-0.2, -0.15) is 18.4 Å². The Morgan fingerprint density at radius 3 is 2.23 bits per heavy atom. The highest BCUT2D eigenvalue weighted by atomic mass is 19.4. The number of nitriles is 1. The van der Waals surface area contributed by atoms with Crippen LogP contribution in [0.15, 0.2) is 24.3 Å². The summed E-state index contributed by atoms with van der Waals surface area (Å²) in [5.41, 5.74) is -1.62. The third-order valence-corrected chi connectivity index (χ3v) is 5.33. The number of rotatable bonds is 9. The van der Waals surface area contributed by atoms with Crippen LogP contribution in [0.25, 0.3) is 0 Å². The summed E-state index contributed by atoms with van der Waals surface area (Å²) < 4.78 is 83.0. The van der Waals surface area contributed by atoms with Crippen LogP contribution in [-0.2, 0) is 4.79 Å². The number of alkyl halides is 5. The average Bonchev–Trinajstić information content (AvgIpc) is 3.56. The molecular weight excluding hydrogens is 412 g/mol. The summed E-state index contributed by atoms with van der Waals surface area (Å²) >= 11 is 0.